The Morgan fingerprint density at radius 1 is 1.53 bits per heavy atom. The van der Waals surface area contributed by atoms with Crippen molar-refractivity contribution in [3.05, 3.63) is 29.6 Å². The van der Waals surface area contributed by atoms with Gasteiger partial charge >= 0.3 is 6.18 Å². The average molecular weight is 271 g/mol. The Morgan fingerprint density at radius 3 is 2.63 bits per heavy atom. The number of rotatable bonds is 4. The minimum Gasteiger partial charge on any atom is -0.335 e. The SMILES string of the molecule is CCCC(C#N)NC(=O)c1ccc(C(F)(F)F)cn1. The summed E-state index contributed by atoms with van der Waals surface area (Å²) in [6, 6.07) is 3.00. The zero-order valence-electron chi connectivity index (χ0n) is 10.2. The molecule has 0 saturated carbocycles. The van der Waals surface area contributed by atoms with Crippen molar-refractivity contribution >= 4 is 5.91 Å². The molecule has 0 spiro atoms. The first-order valence-electron chi connectivity index (χ1n) is 5.62. The summed E-state index contributed by atoms with van der Waals surface area (Å²) in [5.74, 6) is -0.659. The number of hydrogen-bond acceptors (Lipinski definition) is 3. The predicted octanol–water partition coefficient (Wildman–Crippen LogP) is 2.52. The van der Waals surface area contributed by atoms with E-state index < -0.39 is 23.7 Å². The van der Waals surface area contributed by atoms with Crippen molar-refractivity contribution in [1.82, 2.24) is 10.3 Å². The number of hydrogen-bond donors (Lipinski definition) is 1. The van der Waals surface area contributed by atoms with E-state index in [1.54, 1.807) is 0 Å². The van der Waals surface area contributed by atoms with Crippen molar-refractivity contribution in [2.75, 3.05) is 0 Å². The summed E-state index contributed by atoms with van der Waals surface area (Å²) < 4.78 is 36.9. The van der Waals surface area contributed by atoms with Gasteiger partial charge in [0.1, 0.15) is 11.7 Å². The third kappa shape index (κ3) is 4.25. The van der Waals surface area contributed by atoms with Crippen molar-refractivity contribution < 1.29 is 18.0 Å². The Morgan fingerprint density at radius 2 is 2.21 bits per heavy atom. The number of amides is 1. The monoisotopic (exact) mass is 271 g/mol. The van der Waals surface area contributed by atoms with E-state index in [0.717, 1.165) is 12.1 Å². The average Bonchev–Trinajstić information content (AvgIpc) is 2.37. The van der Waals surface area contributed by atoms with Crippen LogP contribution >= 0.6 is 0 Å². The third-order valence-electron chi connectivity index (χ3n) is 2.36. The second kappa shape index (κ2) is 6.18. The normalized spacial score (nSPS) is 12.6. The van der Waals surface area contributed by atoms with Crippen molar-refractivity contribution in [2.45, 2.75) is 32.0 Å². The second-order valence-corrected chi connectivity index (χ2v) is 3.87. The summed E-state index contributed by atoms with van der Waals surface area (Å²) in [7, 11) is 0. The van der Waals surface area contributed by atoms with Gasteiger partial charge in [-0.15, -0.1) is 0 Å². The molecular formula is C12H12F3N3O. The molecule has 1 N–H and O–H groups in total. The smallest absolute Gasteiger partial charge is 0.335 e. The van der Waals surface area contributed by atoms with Crippen LogP contribution in [-0.4, -0.2) is 16.9 Å². The maximum atomic E-state index is 12.3. The van der Waals surface area contributed by atoms with Crippen molar-refractivity contribution in [2.24, 2.45) is 0 Å². The largest absolute Gasteiger partial charge is 0.417 e. The molecule has 0 aliphatic heterocycles. The molecule has 0 aliphatic rings. The van der Waals surface area contributed by atoms with E-state index in [1.807, 2.05) is 13.0 Å². The molecule has 4 nitrogen and oxygen atoms in total. The van der Waals surface area contributed by atoms with Crippen LogP contribution in [0.2, 0.25) is 0 Å². The van der Waals surface area contributed by atoms with Gasteiger partial charge in [-0.25, -0.2) is 0 Å². The van der Waals surface area contributed by atoms with Crippen LogP contribution in [0.5, 0.6) is 0 Å². The van der Waals surface area contributed by atoms with E-state index >= 15 is 0 Å². The Kier molecular flexibility index (Phi) is 4.87. The zero-order chi connectivity index (χ0) is 14.5. The van der Waals surface area contributed by atoms with Gasteiger partial charge in [0.25, 0.3) is 5.91 Å². The number of nitrogens with zero attached hydrogens (tertiary/aromatic N) is 2. The van der Waals surface area contributed by atoms with Crippen molar-refractivity contribution in [3.63, 3.8) is 0 Å². The van der Waals surface area contributed by atoms with Crippen LogP contribution < -0.4 is 5.32 Å². The lowest BCUT2D eigenvalue weighted by Crippen LogP contribution is -2.34. The summed E-state index contributed by atoms with van der Waals surface area (Å²) in [6.07, 6.45) is -2.71. The Balaban J connectivity index is 2.76. The quantitative estimate of drug-likeness (QED) is 0.915. The molecule has 0 aromatic carbocycles. The highest BCUT2D eigenvalue weighted by molar-refractivity contribution is 5.92. The van der Waals surface area contributed by atoms with Crippen LogP contribution in [0.15, 0.2) is 18.3 Å². The van der Waals surface area contributed by atoms with Gasteiger partial charge in [0.15, 0.2) is 0 Å². The highest BCUT2D eigenvalue weighted by Gasteiger charge is 2.31. The van der Waals surface area contributed by atoms with E-state index in [4.69, 9.17) is 5.26 Å². The fourth-order valence-electron chi connectivity index (χ4n) is 1.39. The van der Waals surface area contributed by atoms with E-state index in [1.165, 1.54) is 0 Å². The lowest BCUT2D eigenvalue weighted by Gasteiger charge is -2.10. The summed E-state index contributed by atoms with van der Waals surface area (Å²) >= 11 is 0. The van der Waals surface area contributed by atoms with Crippen molar-refractivity contribution in [1.29, 1.82) is 5.26 Å². The summed E-state index contributed by atoms with van der Waals surface area (Å²) in [5, 5.41) is 11.2. The van der Waals surface area contributed by atoms with Crippen LogP contribution in [0.4, 0.5) is 13.2 Å². The van der Waals surface area contributed by atoms with Crippen LogP contribution in [-0.2, 0) is 6.18 Å². The number of pyridine rings is 1. The van der Waals surface area contributed by atoms with Gasteiger partial charge in [-0.1, -0.05) is 13.3 Å². The van der Waals surface area contributed by atoms with Gasteiger partial charge in [-0.05, 0) is 18.6 Å². The molecule has 102 valence electrons. The third-order valence-corrected chi connectivity index (χ3v) is 2.36. The minimum atomic E-state index is -4.49. The maximum absolute atomic E-state index is 12.3. The number of carbonyl (C=O) groups is 1. The van der Waals surface area contributed by atoms with Gasteiger partial charge < -0.3 is 5.32 Å². The van der Waals surface area contributed by atoms with Crippen LogP contribution in [0.1, 0.15) is 35.8 Å². The molecule has 1 aromatic rings. The number of carbonyl (C=O) groups excluding carboxylic acids is 1. The molecule has 1 unspecified atom stereocenters. The van der Waals surface area contributed by atoms with E-state index in [0.29, 0.717) is 19.0 Å². The van der Waals surface area contributed by atoms with Crippen LogP contribution in [0, 0.1) is 11.3 Å². The van der Waals surface area contributed by atoms with Crippen LogP contribution in [0.25, 0.3) is 0 Å². The standard InChI is InChI=1S/C12H12F3N3O/c1-2-3-9(6-16)18-11(19)10-5-4-8(7-17-10)12(13,14)15/h4-5,7,9H,2-3H2,1H3,(H,18,19). The maximum Gasteiger partial charge on any atom is 0.417 e. The van der Waals surface area contributed by atoms with Crippen LogP contribution in [0.3, 0.4) is 0 Å². The topological polar surface area (TPSA) is 65.8 Å². The molecule has 1 aromatic heterocycles. The number of alkyl halides is 3. The lowest BCUT2D eigenvalue weighted by atomic mass is 10.2. The zero-order valence-corrected chi connectivity index (χ0v) is 10.2. The van der Waals surface area contributed by atoms with Gasteiger partial charge in [0.2, 0.25) is 0 Å². The molecular weight excluding hydrogens is 259 g/mol. The molecule has 1 rings (SSSR count). The summed E-state index contributed by atoms with van der Waals surface area (Å²) in [6.45, 7) is 1.85. The first-order valence-corrected chi connectivity index (χ1v) is 5.62. The molecule has 0 aliphatic carbocycles. The van der Waals surface area contributed by atoms with Gasteiger partial charge in [-0.2, -0.15) is 18.4 Å². The highest BCUT2D eigenvalue weighted by atomic mass is 19.4. The molecule has 0 bridgehead atoms. The molecule has 19 heavy (non-hydrogen) atoms. The molecule has 0 saturated heterocycles. The lowest BCUT2D eigenvalue weighted by molar-refractivity contribution is -0.137. The minimum absolute atomic E-state index is 0.149. The van der Waals surface area contributed by atoms with Gasteiger partial charge in [0.05, 0.1) is 11.6 Å². The second-order valence-electron chi connectivity index (χ2n) is 3.87. The number of aromatic nitrogens is 1. The van der Waals surface area contributed by atoms with Gasteiger partial charge in [0, 0.05) is 6.20 Å². The summed E-state index contributed by atoms with van der Waals surface area (Å²) in [4.78, 5) is 15.1. The fraction of sp³-hybridized carbons (Fsp3) is 0.417. The van der Waals surface area contributed by atoms with E-state index in [9.17, 15) is 18.0 Å². The molecule has 0 radical (unpaired) electrons. The Labute approximate surface area is 108 Å². The first kappa shape index (κ1) is 15.0. The Bertz CT molecular complexity index is 476. The first-order chi connectivity index (χ1) is 8.88. The molecule has 1 heterocycles. The number of nitrogens with one attached hydrogen (secondary N) is 1. The number of nitriles is 1. The fourth-order valence-corrected chi connectivity index (χ4v) is 1.39. The molecule has 0 fully saturated rings. The van der Waals surface area contributed by atoms with E-state index in [2.05, 4.69) is 10.3 Å². The molecule has 7 heteroatoms. The number of halogens is 3. The molecule has 1 atom stereocenters. The van der Waals surface area contributed by atoms with Crippen molar-refractivity contribution in [3.8, 4) is 6.07 Å². The Hall–Kier alpha value is -2.10. The highest BCUT2D eigenvalue weighted by Crippen LogP contribution is 2.28. The predicted molar refractivity (Wildman–Crippen MR) is 61.0 cm³/mol. The summed E-state index contributed by atoms with van der Waals surface area (Å²) in [5.41, 5.74) is -1.07. The molecule has 1 amide bonds. The van der Waals surface area contributed by atoms with Gasteiger partial charge in [-0.3, -0.25) is 9.78 Å². The van der Waals surface area contributed by atoms with E-state index in [-0.39, 0.29) is 5.69 Å².